The van der Waals surface area contributed by atoms with Crippen molar-refractivity contribution in [3.05, 3.63) is 88.5 Å². The van der Waals surface area contributed by atoms with E-state index in [1.807, 2.05) is 36.4 Å². The molecular weight excluding hydrogens is 696 g/mol. The van der Waals surface area contributed by atoms with Crippen molar-refractivity contribution >= 4 is 18.0 Å². The number of hydrogen-bond donors (Lipinski definition) is 2. The highest BCUT2D eigenvalue weighted by atomic mass is 16.5. The number of benzene rings is 4. The van der Waals surface area contributed by atoms with E-state index in [2.05, 4.69) is 0 Å². The summed E-state index contributed by atoms with van der Waals surface area (Å²) in [4.78, 5) is 26.1. The molecule has 0 aromatic heterocycles. The Balaban J connectivity index is 1.33. The molecule has 2 aliphatic heterocycles. The molecule has 0 spiro atoms. The number of ether oxygens (including phenoxy) is 8. The molecule has 54 heavy (non-hydrogen) atoms. The van der Waals surface area contributed by atoms with Crippen LogP contribution in [-0.2, 0) is 38.3 Å². The second-order valence-corrected chi connectivity index (χ2v) is 13.2. The lowest BCUT2D eigenvalue weighted by molar-refractivity contribution is -0.141. The van der Waals surface area contributed by atoms with Crippen LogP contribution in [-0.4, -0.2) is 78.0 Å². The molecule has 4 aromatic rings. The Morgan fingerprint density at radius 2 is 1.13 bits per heavy atom. The first-order chi connectivity index (χ1) is 26.1. The smallest absolute Gasteiger partial charge is 0.334 e. The highest BCUT2D eigenvalue weighted by Crippen LogP contribution is 2.47. The minimum atomic E-state index is -0.490. The fourth-order valence-electron chi connectivity index (χ4n) is 7.17. The molecule has 2 saturated heterocycles. The minimum absolute atomic E-state index is 0.125. The van der Waals surface area contributed by atoms with Crippen molar-refractivity contribution in [1.29, 1.82) is 0 Å². The summed E-state index contributed by atoms with van der Waals surface area (Å²) in [5.41, 5.74) is 4.03. The van der Waals surface area contributed by atoms with Gasteiger partial charge in [0, 0.05) is 28.5 Å². The number of phenols is 2. The van der Waals surface area contributed by atoms with E-state index in [4.69, 9.17) is 37.9 Å². The molecule has 6 rings (SSSR count). The third-order valence-electron chi connectivity index (χ3n) is 10.0. The maximum atomic E-state index is 13.1. The Labute approximate surface area is 313 Å². The molecule has 0 bridgehead atoms. The van der Waals surface area contributed by atoms with Gasteiger partial charge in [-0.2, -0.15) is 0 Å². The molecule has 2 N–H and O–H groups in total. The van der Waals surface area contributed by atoms with Crippen molar-refractivity contribution in [1.82, 2.24) is 0 Å². The van der Waals surface area contributed by atoms with E-state index in [9.17, 15) is 19.8 Å². The Bertz CT molecular complexity index is 2070. The van der Waals surface area contributed by atoms with Crippen LogP contribution in [0.2, 0.25) is 0 Å². The van der Waals surface area contributed by atoms with Gasteiger partial charge in [0.15, 0.2) is 46.0 Å². The first-order valence-electron chi connectivity index (χ1n) is 17.4. The normalized spacial score (nSPS) is 18.6. The van der Waals surface area contributed by atoms with Crippen molar-refractivity contribution in [2.24, 2.45) is 17.8 Å². The van der Waals surface area contributed by atoms with Crippen LogP contribution >= 0.6 is 0 Å². The summed E-state index contributed by atoms with van der Waals surface area (Å²) in [6, 6.07) is 17.9. The van der Waals surface area contributed by atoms with Gasteiger partial charge < -0.3 is 48.1 Å². The van der Waals surface area contributed by atoms with Crippen LogP contribution < -0.4 is 28.4 Å². The molecule has 2 aliphatic rings. The number of hydrogen-bond acceptors (Lipinski definition) is 12. The summed E-state index contributed by atoms with van der Waals surface area (Å²) in [7, 11) is 9.13. The van der Waals surface area contributed by atoms with E-state index < -0.39 is 11.9 Å². The summed E-state index contributed by atoms with van der Waals surface area (Å²) >= 11 is 0. The van der Waals surface area contributed by atoms with Gasteiger partial charge in [0.05, 0.1) is 61.8 Å². The van der Waals surface area contributed by atoms with E-state index >= 15 is 0 Å². The van der Waals surface area contributed by atoms with Crippen molar-refractivity contribution in [2.45, 2.75) is 19.3 Å². The quantitative estimate of drug-likeness (QED) is 0.112. The highest BCUT2D eigenvalue weighted by Gasteiger charge is 2.37. The Morgan fingerprint density at radius 1 is 0.593 bits per heavy atom. The van der Waals surface area contributed by atoms with E-state index in [1.54, 1.807) is 58.8 Å². The van der Waals surface area contributed by atoms with Gasteiger partial charge in [-0.3, -0.25) is 4.79 Å². The summed E-state index contributed by atoms with van der Waals surface area (Å²) in [5, 5.41) is 22.8. The number of aromatic hydroxyl groups is 2. The van der Waals surface area contributed by atoms with Gasteiger partial charge in [-0.05, 0) is 96.1 Å². The molecule has 2 heterocycles. The lowest BCUT2D eigenvalue weighted by atomic mass is 9.84. The summed E-state index contributed by atoms with van der Waals surface area (Å²) in [5.74, 6) is 0.545. The molecule has 4 aromatic carbocycles. The summed E-state index contributed by atoms with van der Waals surface area (Å²) in [6.45, 7) is 0.446. The molecule has 0 saturated carbocycles. The highest BCUT2D eigenvalue weighted by molar-refractivity contribution is 5.97. The molecule has 2 fully saturated rings. The van der Waals surface area contributed by atoms with Crippen LogP contribution in [0.5, 0.6) is 46.0 Å². The molecule has 12 heteroatoms. The first-order valence-corrected chi connectivity index (χ1v) is 17.4. The average molecular weight is 741 g/mol. The zero-order valence-corrected chi connectivity index (χ0v) is 31.1. The second kappa shape index (κ2) is 16.3. The van der Waals surface area contributed by atoms with Crippen LogP contribution in [0.3, 0.4) is 0 Å². The van der Waals surface area contributed by atoms with Gasteiger partial charge in [-0.15, -0.1) is 0 Å². The number of phenolic OH excluding ortho intramolecular Hbond substituents is 2. The van der Waals surface area contributed by atoms with Gasteiger partial charge in [0.2, 0.25) is 0 Å². The Kier molecular flexibility index (Phi) is 11.4. The van der Waals surface area contributed by atoms with Crippen LogP contribution in [0.1, 0.15) is 22.3 Å². The van der Waals surface area contributed by atoms with Crippen molar-refractivity contribution in [3.63, 3.8) is 0 Å². The molecule has 0 aliphatic carbocycles. The summed E-state index contributed by atoms with van der Waals surface area (Å²) < 4.78 is 43.8. The molecule has 0 amide bonds. The first kappa shape index (κ1) is 37.7. The van der Waals surface area contributed by atoms with Crippen molar-refractivity contribution < 1.29 is 57.7 Å². The zero-order valence-electron chi connectivity index (χ0n) is 31.1. The fraction of sp³-hybridized carbons (Fsp3) is 0.333. The van der Waals surface area contributed by atoms with Crippen molar-refractivity contribution in [2.75, 3.05) is 55.9 Å². The lowest BCUT2D eigenvalue weighted by Gasteiger charge is -2.19. The monoisotopic (exact) mass is 740 g/mol. The number of carbonyl (C=O) groups is 2. The summed E-state index contributed by atoms with van der Waals surface area (Å²) in [6.07, 6.45) is 3.04. The number of cyclic esters (lactones) is 2. The molecule has 12 nitrogen and oxygen atoms in total. The lowest BCUT2D eigenvalue weighted by Crippen LogP contribution is -2.20. The van der Waals surface area contributed by atoms with Gasteiger partial charge in [-0.25, -0.2) is 4.79 Å². The number of methoxy groups -OCH3 is 6. The Hall–Kier alpha value is -6.04. The SMILES string of the molecule is COc1ccc(C[C@H]2COC(=O)/C2=C/c2cc(OC)c(O)c(-c3cc(C[C@H]4C(=O)OC[C@@H]4Cc4ccc(OC)c(OC)c4)cc(OC)c3O)c2)cc1OC. The van der Waals surface area contributed by atoms with Crippen LogP contribution in [0.25, 0.3) is 17.2 Å². The maximum absolute atomic E-state index is 13.1. The molecule has 284 valence electrons. The van der Waals surface area contributed by atoms with Crippen LogP contribution in [0.4, 0.5) is 0 Å². The molecular formula is C42H44O12. The minimum Gasteiger partial charge on any atom is -0.504 e. The van der Waals surface area contributed by atoms with E-state index in [0.29, 0.717) is 52.5 Å². The molecule has 0 unspecified atom stereocenters. The van der Waals surface area contributed by atoms with Crippen molar-refractivity contribution in [3.8, 4) is 57.1 Å². The van der Waals surface area contributed by atoms with Crippen LogP contribution in [0.15, 0.2) is 66.2 Å². The van der Waals surface area contributed by atoms with Gasteiger partial charge in [0.25, 0.3) is 0 Å². The standard InChI is InChI=1S/C42H44O12/c1-47-33-9-7-23(17-35(33)49-3)11-27-21-53-41(45)29(27)13-25-15-31(39(43)37(19-25)51-5)32-16-26(20-38(52-6)40(32)44)14-30-28(22-54-42(30)46)12-24-8-10-34(48-2)36(18-24)50-4/h7-10,13,15-20,27-28,30,43-44H,11-12,14,21-22H2,1-6H3/b29-13+/t27-,28-,30+/m0/s1. The number of carbonyl (C=O) groups excluding carboxylic acids is 2. The van der Waals surface area contributed by atoms with E-state index in [-0.39, 0.29) is 71.6 Å². The number of esters is 2. The van der Waals surface area contributed by atoms with E-state index in [0.717, 1.165) is 11.1 Å². The fourth-order valence-corrected chi connectivity index (χ4v) is 7.17. The van der Waals surface area contributed by atoms with Gasteiger partial charge in [0.1, 0.15) is 0 Å². The second-order valence-electron chi connectivity index (χ2n) is 13.2. The third kappa shape index (κ3) is 7.68. The maximum Gasteiger partial charge on any atom is 0.334 e. The molecule has 3 atom stereocenters. The van der Waals surface area contributed by atoms with Gasteiger partial charge >= 0.3 is 11.9 Å². The number of rotatable bonds is 14. The molecule has 0 radical (unpaired) electrons. The van der Waals surface area contributed by atoms with Gasteiger partial charge in [-0.1, -0.05) is 12.1 Å². The average Bonchev–Trinajstić information content (AvgIpc) is 3.71. The largest absolute Gasteiger partial charge is 0.504 e. The predicted octanol–water partition coefficient (Wildman–Crippen LogP) is 6.19. The van der Waals surface area contributed by atoms with Crippen LogP contribution in [0, 0.1) is 17.8 Å². The topological polar surface area (TPSA) is 148 Å². The predicted molar refractivity (Wildman–Crippen MR) is 199 cm³/mol. The zero-order chi connectivity index (χ0) is 38.5. The Morgan fingerprint density at radius 3 is 1.72 bits per heavy atom. The van der Waals surface area contributed by atoms with E-state index in [1.165, 1.54) is 14.2 Å². The third-order valence-corrected chi connectivity index (χ3v) is 10.0.